The normalized spacial score (nSPS) is 10.9. The Morgan fingerprint density at radius 3 is 2.35 bits per heavy atom. The highest BCUT2D eigenvalue weighted by atomic mass is 35.5. The van der Waals surface area contributed by atoms with Crippen LogP contribution in [0.25, 0.3) is 27.8 Å². The monoisotopic (exact) mass is 386 g/mol. The smallest absolute Gasteiger partial charge is 0.140 e. The van der Waals surface area contributed by atoms with Gasteiger partial charge in [0.25, 0.3) is 0 Å². The first-order valence-corrected chi connectivity index (χ1v) is 9.24. The maximum Gasteiger partial charge on any atom is 0.140 e. The summed E-state index contributed by atoms with van der Waals surface area (Å²) in [5, 5.41) is 12.2. The minimum absolute atomic E-state index is 0.0312. The summed E-state index contributed by atoms with van der Waals surface area (Å²) in [6.07, 6.45) is 0. The van der Waals surface area contributed by atoms with E-state index in [1.165, 1.54) is 0 Å². The molecule has 0 aliphatic rings. The Bertz CT molecular complexity index is 967. The van der Waals surface area contributed by atoms with Crippen molar-refractivity contribution in [1.29, 1.82) is 0 Å². The topological polar surface area (TPSA) is 36.4 Å². The fourth-order valence-electron chi connectivity index (χ4n) is 3.21. The van der Waals surface area contributed by atoms with Crippen molar-refractivity contribution in [3.63, 3.8) is 0 Å². The van der Waals surface area contributed by atoms with Gasteiger partial charge in [0.05, 0.1) is 16.1 Å². The lowest BCUT2D eigenvalue weighted by atomic mass is 9.94. The first kappa shape index (κ1) is 18.6. The van der Waals surface area contributed by atoms with E-state index in [0.29, 0.717) is 26.9 Å². The molecule has 1 heterocycles. The first-order valence-electron chi connectivity index (χ1n) is 8.49. The van der Waals surface area contributed by atoms with Gasteiger partial charge in [0.1, 0.15) is 11.6 Å². The van der Waals surface area contributed by atoms with Gasteiger partial charge in [-0.05, 0) is 31.5 Å². The van der Waals surface area contributed by atoms with Crippen molar-refractivity contribution in [2.75, 3.05) is 18.0 Å². The van der Waals surface area contributed by atoms with Gasteiger partial charge < -0.3 is 10.0 Å². The minimum Gasteiger partial charge on any atom is -0.508 e. The van der Waals surface area contributed by atoms with Crippen LogP contribution in [0.1, 0.15) is 19.4 Å². The minimum atomic E-state index is -0.0312. The van der Waals surface area contributed by atoms with Crippen LogP contribution in [0.3, 0.4) is 0 Å². The summed E-state index contributed by atoms with van der Waals surface area (Å²) in [4.78, 5) is 6.86. The molecule has 0 radical (unpaired) electrons. The summed E-state index contributed by atoms with van der Waals surface area (Å²) in [6.45, 7) is 9.38. The molecular weight excluding hydrogens is 367 g/mol. The third-order valence-electron chi connectivity index (χ3n) is 4.40. The molecule has 0 spiro atoms. The van der Waals surface area contributed by atoms with Gasteiger partial charge in [0.2, 0.25) is 0 Å². The molecule has 0 saturated heterocycles. The second-order valence-corrected chi connectivity index (χ2v) is 6.80. The maximum atomic E-state index is 10.5. The van der Waals surface area contributed by atoms with Crippen LogP contribution >= 0.6 is 23.2 Å². The lowest BCUT2D eigenvalue weighted by Crippen LogP contribution is -2.24. The molecule has 0 saturated carbocycles. The van der Waals surface area contributed by atoms with Gasteiger partial charge in [-0.15, -0.1) is 0 Å². The number of aliphatic hydroxyl groups excluding tert-OH is 1. The predicted octanol–water partition coefficient (Wildman–Crippen LogP) is 6.58. The second-order valence-electron chi connectivity index (χ2n) is 5.95. The summed E-state index contributed by atoms with van der Waals surface area (Å²) in [5.74, 6) is 0.634. The van der Waals surface area contributed by atoms with E-state index in [0.717, 1.165) is 29.6 Å². The molecule has 2 aromatic carbocycles. The molecule has 0 unspecified atom stereocenters. The van der Waals surface area contributed by atoms with Gasteiger partial charge in [-0.1, -0.05) is 60.1 Å². The van der Waals surface area contributed by atoms with Gasteiger partial charge >= 0.3 is 0 Å². The summed E-state index contributed by atoms with van der Waals surface area (Å²) >= 11 is 12.7. The number of aliphatic hydroxyl groups is 1. The highest BCUT2D eigenvalue weighted by molar-refractivity contribution is 6.39. The number of benzene rings is 2. The summed E-state index contributed by atoms with van der Waals surface area (Å²) in [6, 6.07) is 13.3. The molecule has 0 aliphatic heterocycles. The molecule has 0 fully saturated rings. The Labute approximate surface area is 163 Å². The number of anilines is 1. The molecule has 1 aromatic heterocycles. The van der Waals surface area contributed by atoms with Crippen molar-refractivity contribution in [3.05, 3.63) is 64.7 Å². The average molecular weight is 387 g/mol. The van der Waals surface area contributed by atoms with E-state index >= 15 is 0 Å². The number of hydrogen-bond acceptors (Lipinski definition) is 3. The Kier molecular flexibility index (Phi) is 5.40. The van der Waals surface area contributed by atoms with Gasteiger partial charge in [0.15, 0.2) is 0 Å². The van der Waals surface area contributed by atoms with Crippen LogP contribution in [0, 0.1) is 0 Å². The number of halogens is 2. The van der Waals surface area contributed by atoms with Crippen molar-refractivity contribution in [2.24, 2.45) is 0 Å². The van der Waals surface area contributed by atoms with Crippen LogP contribution in [0.5, 0.6) is 0 Å². The first-order chi connectivity index (χ1) is 12.5. The van der Waals surface area contributed by atoms with E-state index in [-0.39, 0.29) is 5.76 Å². The van der Waals surface area contributed by atoms with Crippen LogP contribution in [0.4, 0.5) is 5.82 Å². The van der Waals surface area contributed by atoms with Crippen molar-refractivity contribution < 1.29 is 5.11 Å². The Morgan fingerprint density at radius 1 is 1.12 bits per heavy atom. The van der Waals surface area contributed by atoms with Crippen LogP contribution in [0.15, 0.2) is 49.0 Å². The largest absolute Gasteiger partial charge is 0.508 e. The average Bonchev–Trinajstić information content (AvgIpc) is 2.62. The van der Waals surface area contributed by atoms with Gasteiger partial charge in [-0.3, -0.25) is 0 Å². The molecule has 0 atom stereocenters. The zero-order valence-electron chi connectivity index (χ0n) is 14.8. The molecular formula is C21H20Cl2N2O. The predicted molar refractivity (Wildman–Crippen MR) is 112 cm³/mol. The molecule has 0 aliphatic carbocycles. The summed E-state index contributed by atoms with van der Waals surface area (Å²) in [5.41, 5.74) is 3.03. The highest BCUT2D eigenvalue weighted by Gasteiger charge is 2.23. The Morgan fingerprint density at radius 2 is 1.77 bits per heavy atom. The van der Waals surface area contributed by atoms with Crippen LogP contribution in [-0.4, -0.2) is 23.2 Å². The van der Waals surface area contributed by atoms with E-state index < -0.39 is 0 Å². The maximum absolute atomic E-state index is 10.5. The van der Waals surface area contributed by atoms with E-state index in [1.54, 1.807) is 6.07 Å². The summed E-state index contributed by atoms with van der Waals surface area (Å²) in [7, 11) is 0. The molecule has 134 valence electrons. The third kappa shape index (κ3) is 3.25. The zero-order chi connectivity index (χ0) is 18.8. The van der Waals surface area contributed by atoms with Gasteiger partial charge in [-0.25, -0.2) is 4.98 Å². The molecule has 3 nitrogen and oxygen atoms in total. The second kappa shape index (κ2) is 7.56. The van der Waals surface area contributed by atoms with Crippen LogP contribution < -0.4 is 4.90 Å². The fraction of sp³-hybridized carbons (Fsp3) is 0.190. The standard InChI is InChI=1S/C21H20Cl2N2O/c1-4-25(5-2)21-18(13(3)26)19(14-9-7-6-8-10-14)16-11-15(22)12-17(23)20(16)24-21/h6-12,26H,3-5H2,1-2H3. The molecule has 3 rings (SSSR count). The quantitative estimate of drug-likeness (QED) is 0.502. The van der Waals surface area contributed by atoms with E-state index in [2.05, 4.69) is 11.5 Å². The van der Waals surface area contributed by atoms with Gasteiger partial charge in [0, 0.05) is 29.1 Å². The van der Waals surface area contributed by atoms with Crippen LogP contribution in [-0.2, 0) is 0 Å². The van der Waals surface area contributed by atoms with E-state index in [1.807, 2.05) is 50.2 Å². The van der Waals surface area contributed by atoms with E-state index in [9.17, 15) is 5.11 Å². The van der Waals surface area contributed by atoms with Crippen molar-refractivity contribution in [2.45, 2.75) is 13.8 Å². The van der Waals surface area contributed by atoms with Crippen molar-refractivity contribution >= 4 is 45.7 Å². The Balaban J connectivity index is 2.54. The lowest BCUT2D eigenvalue weighted by Gasteiger charge is -2.26. The highest BCUT2D eigenvalue weighted by Crippen LogP contribution is 2.42. The van der Waals surface area contributed by atoms with Crippen molar-refractivity contribution in [3.8, 4) is 11.1 Å². The number of nitrogens with zero attached hydrogens (tertiary/aromatic N) is 2. The number of fused-ring (bicyclic) bond motifs is 1. The molecule has 26 heavy (non-hydrogen) atoms. The van der Waals surface area contributed by atoms with E-state index in [4.69, 9.17) is 28.2 Å². The number of hydrogen-bond donors (Lipinski definition) is 1. The number of aromatic nitrogens is 1. The number of pyridine rings is 1. The molecule has 0 amide bonds. The van der Waals surface area contributed by atoms with Crippen LogP contribution in [0.2, 0.25) is 10.0 Å². The summed E-state index contributed by atoms with van der Waals surface area (Å²) < 4.78 is 0. The molecule has 1 N–H and O–H groups in total. The zero-order valence-corrected chi connectivity index (χ0v) is 16.3. The van der Waals surface area contributed by atoms with Crippen molar-refractivity contribution in [1.82, 2.24) is 4.98 Å². The fourth-order valence-corrected chi connectivity index (χ4v) is 3.74. The SMILES string of the molecule is C=C(O)c1c(N(CC)CC)nc2c(Cl)cc(Cl)cc2c1-c1ccccc1. The molecule has 5 heteroatoms. The Hall–Kier alpha value is -2.23. The third-order valence-corrected chi connectivity index (χ3v) is 4.91. The molecule has 3 aromatic rings. The lowest BCUT2D eigenvalue weighted by molar-refractivity contribution is 0.513. The number of rotatable bonds is 5. The van der Waals surface area contributed by atoms with Gasteiger partial charge in [-0.2, -0.15) is 0 Å². The molecule has 0 bridgehead atoms.